The molecule has 0 aliphatic carbocycles. The fourth-order valence-corrected chi connectivity index (χ4v) is 2.59. The number of nitrogens with two attached hydrogens (primary N) is 1. The number of likely N-dealkylation sites (tertiary alicyclic amines) is 1. The molecule has 0 aromatic heterocycles. The Hall–Kier alpha value is -1.06. The number of nitrogens with zero attached hydrogens (tertiary/aromatic N) is 1. The first-order chi connectivity index (χ1) is 8.08. The van der Waals surface area contributed by atoms with Crippen LogP contribution in [0.4, 0.5) is 5.69 Å². The predicted octanol–water partition coefficient (Wildman–Crippen LogP) is 2.03. The summed E-state index contributed by atoms with van der Waals surface area (Å²) in [5.41, 5.74) is 7.89. The van der Waals surface area contributed by atoms with Crippen molar-refractivity contribution >= 4 is 5.69 Å². The van der Waals surface area contributed by atoms with E-state index in [1.165, 1.54) is 5.56 Å². The zero-order chi connectivity index (χ0) is 12.4. The highest BCUT2D eigenvalue weighted by Gasteiger charge is 2.29. The van der Waals surface area contributed by atoms with Crippen molar-refractivity contribution < 1.29 is 5.11 Å². The van der Waals surface area contributed by atoms with Crippen molar-refractivity contribution in [1.29, 1.82) is 0 Å². The Bertz CT molecular complexity index is 378. The average Bonchev–Trinajstić information content (AvgIpc) is 2.77. The lowest BCUT2D eigenvalue weighted by molar-refractivity contribution is 0.123. The summed E-state index contributed by atoms with van der Waals surface area (Å²) in [4.78, 5) is 2.42. The number of aliphatic hydroxyl groups excluding tert-OH is 1. The molecule has 0 saturated carbocycles. The van der Waals surface area contributed by atoms with E-state index in [9.17, 15) is 5.11 Å². The molecule has 0 spiro atoms. The summed E-state index contributed by atoms with van der Waals surface area (Å²) in [7, 11) is 0. The molecule has 1 aliphatic heterocycles. The zero-order valence-electron chi connectivity index (χ0n) is 10.6. The van der Waals surface area contributed by atoms with E-state index >= 15 is 0 Å². The average molecular weight is 234 g/mol. The van der Waals surface area contributed by atoms with Crippen molar-refractivity contribution in [3.05, 3.63) is 29.8 Å². The van der Waals surface area contributed by atoms with Gasteiger partial charge in [0.05, 0.1) is 6.10 Å². The Balaban J connectivity index is 2.04. The SMILES string of the molecule is CC(O)C1CCN(C(C)c2cccc(N)c2)C1. The summed E-state index contributed by atoms with van der Waals surface area (Å²) >= 11 is 0. The highest BCUT2D eigenvalue weighted by atomic mass is 16.3. The van der Waals surface area contributed by atoms with Gasteiger partial charge in [-0.1, -0.05) is 12.1 Å². The van der Waals surface area contributed by atoms with Gasteiger partial charge >= 0.3 is 0 Å². The number of anilines is 1. The highest BCUT2D eigenvalue weighted by molar-refractivity contribution is 5.41. The normalized spacial score (nSPS) is 24.8. The molecule has 17 heavy (non-hydrogen) atoms. The van der Waals surface area contributed by atoms with Crippen LogP contribution in [-0.2, 0) is 0 Å². The molecule has 3 nitrogen and oxygen atoms in total. The Morgan fingerprint density at radius 2 is 2.18 bits per heavy atom. The van der Waals surface area contributed by atoms with Crippen molar-refractivity contribution in [2.24, 2.45) is 5.92 Å². The van der Waals surface area contributed by atoms with E-state index in [-0.39, 0.29) is 6.10 Å². The minimum Gasteiger partial charge on any atom is -0.399 e. The first kappa shape index (κ1) is 12.4. The summed E-state index contributed by atoms with van der Waals surface area (Å²) in [5.74, 6) is 0.415. The van der Waals surface area contributed by atoms with Gasteiger partial charge in [-0.25, -0.2) is 0 Å². The lowest BCUT2D eigenvalue weighted by Gasteiger charge is -2.25. The maximum absolute atomic E-state index is 9.62. The predicted molar refractivity (Wildman–Crippen MR) is 70.6 cm³/mol. The van der Waals surface area contributed by atoms with E-state index < -0.39 is 0 Å². The first-order valence-corrected chi connectivity index (χ1v) is 6.35. The fourth-order valence-electron chi connectivity index (χ4n) is 2.59. The second kappa shape index (κ2) is 5.07. The molecule has 3 unspecified atom stereocenters. The summed E-state index contributed by atoms with van der Waals surface area (Å²) in [5, 5.41) is 9.62. The lowest BCUT2D eigenvalue weighted by Crippen LogP contribution is -2.27. The second-order valence-corrected chi connectivity index (χ2v) is 5.13. The van der Waals surface area contributed by atoms with Gasteiger partial charge in [0.2, 0.25) is 0 Å². The molecule has 3 N–H and O–H groups in total. The van der Waals surface area contributed by atoms with Crippen LogP contribution in [0.5, 0.6) is 0 Å². The molecule has 0 radical (unpaired) electrons. The van der Waals surface area contributed by atoms with E-state index in [1.807, 2.05) is 25.1 Å². The van der Waals surface area contributed by atoms with Crippen LogP contribution in [-0.4, -0.2) is 29.2 Å². The third-order valence-corrected chi connectivity index (χ3v) is 3.88. The largest absolute Gasteiger partial charge is 0.399 e. The van der Waals surface area contributed by atoms with Gasteiger partial charge in [0, 0.05) is 18.3 Å². The molecular formula is C14H22N2O. The topological polar surface area (TPSA) is 49.5 Å². The van der Waals surface area contributed by atoms with E-state index in [1.54, 1.807) is 0 Å². The standard InChI is InChI=1S/C14H22N2O/c1-10(12-4-3-5-14(15)8-12)16-7-6-13(9-16)11(2)17/h3-5,8,10-11,13,17H,6-7,9,15H2,1-2H3. The Kier molecular flexibility index (Phi) is 3.69. The molecule has 2 rings (SSSR count). The van der Waals surface area contributed by atoms with Crippen molar-refractivity contribution in [2.45, 2.75) is 32.4 Å². The second-order valence-electron chi connectivity index (χ2n) is 5.13. The van der Waals surface area contributed by atoms with Crippen LogP contribution in [0.15, 0.2) is 24.3 Å². The van der Waals surface area contributed by atoms with Crippen molar-refractivity contribution in [1.82, 2.24) is 4.90 Å². The van der Waals surface area contributed by atoms with E-state index in [2.05, 4.69) is 17.9 Å². The fraction of sp³-hybridized carbons (Fsp3) is 0.571. The molecule has 1 aliphatic rings. The van der Waals surface area contributed by atoms with Gasteiger partial charge in [0.1, 0.15) is 0 Å². The minimum absolute atomic E-state index is 0.201. The summed E-state index contributed by atoms with van der Waals surface area (Å²) in [6, 6.07) is 8.46. The smallest absolute Gasteiger partial charge is 0.0552 e. The van der Waals surface area contributed by atoms with E-state index in [0.717, 1.165) is 25.2 Å². The summed E-state index contributed by atoms with van der Waals surface area (Å²) in [6.45, 7) is 6.14. The number of hydrogen-bond acceptors (Lipinski definition) is 3. The molecule has 1 aromatic rings. The lowest BCUT2D eigenvalue weighted by atomic mass is 10.0. The van der Waals surface area contributed by atoms with Gasteiger partial charge in [0.25, 0.3) is 0 Å². The minimum atomic E-state index is -0.201. The van der Waals surface area contributed by atoms with Crippen LogP contribution in [0.3, 0.4) is 0 Å². The van der Waals surface area contributed by atoms with Gasteiger partial charge < -0.3 is 10.8 Å². The van der Waals surface area contributed by atoms with Gasteiger partial charge in [-0.2, -0.15) is 0 Å². The van der Waals surface area contributed by atoms with Crippen molar-refractivity contribution in [3.8, 4) is 0 Å². The molecular weight excluding hydrogens is 212 g/mol. The third kappa shape index (κ3) is 2.79. The van der Waals surface area contributed by atoms with Crippen LogP contribution in [0.1, 0.15) is 31.9 Å². The Morgan fingerprint density at radius 3 is 2.76 bits per heavy atom. The van der Waals surface area contributed by atoms with Crippen LogP contribution >= 0.6 is 0 Å². The van der Waals surface area contributed by atoms with Crippen molar-refractivity contribution in [3.63, 3.8) is 0 Å². The molecule has 1 aromatic carbocycles. The van der Waals surface area contributed by atoms with Crippen molar-refractivity contribution in [2.75, 3.05) is 18.8 Å². The third-order valence-electron chi connectivity index (χ3n) is 3.88. The van der Waals surface area contributed by atoms with Crippen LogP contribution in [0, 0.1) is 5.92 Å². The number of nitrogen functional groups attached to an aromatic ring is 1. The Morgan fingerprint density at radius 1 is 1.41 bits per heavy atom. The molecule has 1 heterocycles. The zero-order valence-corrected chi connectivity index (χ0v) is 10.6. The molecule has 0 bridgehead atoms. The number of rotatable bonds is 3. The van der Waals surface area contributed by atoms with Gasteiger partial charge in [-0.3, -0.25) is 4.90 Å². The highest BCUT2D eigenvalue weighted by Crippen LogP contribution is 2.29. The molecule has 3 heteroatoms. The first-order valence-electron chi connectivity index (χ1n) is 6.35. The monoisotopic (exact) mass is 234 g/mol. The van der Waals surface area contributed by atoms with Gasteiger partial charge in [-0.05, 0) is 50.4 Å². The maximum Gasteiger partial charge on any atom is 0.0552 e. The van der Waals surface area contributed by atoms with Crippen LogP contribution in [0.2, 0.25) is 0 Å². The molecule has 3 atom stereocenters. The number of benzene rings is 1. The van der Waals surface area contributed by atoms with Gasteiger partial charge in [0.15, 0.2) is 0 Å². The van der Waals surface area contributed by atoms with Crippen LogP contribution < -0.4 is 5.73 Å². The van der Waals surface area contributed by atoms with Crippen LogP contribution in [0.25, 0.3) is 0 Å². The molecule has 1 saturated heterocycles. The summed E-state index contributed by atoms with van der Waals surface area (Å²) < 4.78 is 0. The molecule has 1 fully saturated rings. The van der Waals surface area contributed by atoms with E-state index in [4.69, 9.17) is 5.73 Å². The quantitative estimate of drug-likeness (QED) is 0.787. The Labute approximate surface area is 103 Å². The number of hydrogen-bond donors (Lipinski definition) is 2. The summed E-state index contributed by atoms with van der Waals surface area (Å²) in [6.07, 6.45) is 0.887. The molecule has 0 amide bonds. The van der Waals surface area contributed by atoms with E-state index in [0.29, 0.717) is 12.0 Å². The van der Waals surface area contributed by atoms with Gasteiger partial charge in [-0.15, -0.1) is 0 Å². The maximum atomic E-state index is 9.62. The number of aliphatic hydroxyl groups is 1. The molecule has 94 valence electrons.